The molecular weight excluding hydrogens is 416 g/mol. The summed E-state index contributed by atoms with van der Waals surface area (Å²) in [6, 6.07) is 0. The minimum atomic E-state index is -0.135. The molecule has 1 heterocycles. The molecule has 2 atom stereocenters. The highest BCUT2D eigenvalue weighted by molar-refractivity contribution is 4.60. The Hall–Kier alpha value is -0.200. The molecule has 198 valence electrons. The molecule has 0 radical (unpaired) electrons. The van der Waals surface area contributed by atoms with E-state index in [0.717, 1.165) is 38.9 Å². The summed E-state index contributed by atoms with van der Waals surface area (Å²) in [6.07, 6.45) is 25.1. The lowest BCUT2D eigenvalue weighted by Gasteiger charge is -2.25. The first-order valence-electron chi connectivity index (χ1n) is 14.4. The van der Waals surface area contributed by atoms with Crippen LogP contribution in [0.5, 0.6) is 0 Å². The van der Waals surface area contributed by atoms with E-state index in [1.54, 1.807) is 0 Å². The molecule has 1 fully saturated rings. The molecule has 0 aromatic carbocycles. The summed E-state index contributed by atoms with van der Waals surface area (Å²) in [4.78, 5) is 0. The first-order chi connectivity index (χ1) is 16.4. The zero-order valence-corrected chi connectivity index (χ0v) is 21.9. The van der Waals surface area contributed by atoms with Gasteiger partial charge in [-0.3, -0.25) is 0 Å². The summed E-state index contributed by atoms with van der Waals surface area (Å²) >= 11 is 0. The average molecular weight is 473 g/mol. The molecular formula is C28H56O5. The highest BCUT2D eigenvalue weighted by atomic mass is 16.7. The first kappa shape index (κ1) is 30.8. The Labute approximate surface area is 205 Å². The number of rotatable bonds is 25. The quantitative estimate of drug-likeness (QED) is 0.143. The van der Waals surface area contributed by atoms with Crippen molar-refractivity contribution in [1.29, 1.82) is 0 Å². The minimum absolute atomic E-state index is 0.0234. The van der Waals surface area contributed by atoms with Crippen molar-refractivity contribution >= 4 is 0 Å². The lowest BCUT2D eigenvalue weighted by atomic mass is 10.0. The van der Waals surface area contributed by atoms with Crippen molar-refractivity contribution in [2.24, 2.45) is 0 Å². The topological polar surface area (TPSA) is 57.2 Å². The van der Waals surface area contributed by atoms with Gasteiger partial charge in [0, 0.05) is 13.2 Å². The average Bonchev–Trinajstić information content (AvgIpc) is 2.85. The maximum atomic E-state index is 9.03. The third-order valence-corrected chi connectivity index (χ3v) is 6.50. The van der Waals surface area contributed by atoms with Gasteiger partial charge in [-0.1, -0.05) is 103 Å². The minimum Gasteiger partial charge on any atom is -0.394 e. The highest BCUT2D eigenvalue weighted by Crippen LogP contribution is 2.15. The zero-order chi connectivity index (χ0) is 23.7. The monoisotopic (exact) mass is 472 g/mol. The SMILES string of the molecule is CCCCCCCCCCCCCCCCCCOC[C@H](COC1CCCCO1)OCCO. The molecule has 1 saturated heterocycles. The third-order valence-electron chi connectivity index (χ3n) is 6.50. The fourth-order valence-corrected chi connectivity index (χ4v) is 4.39. The van der Waals surface area contributed by atoms with Gasteiger partial charge in [0.05, 0.1) is 26.4 Å². The molecule has 1 aliphatic rings. The Kier molecular flexibility index (Phi) is 23.3. The molecule has 1 aliphatic heterocycles. The van der Waals surface area contributed by atoms with Crippen LogP contribution in [0.1, 0.15) is 129 Å². The van der Waals surface area contributed by atoms with Gasteiger partial charge in [-0.2, -0.15) is 0 Å². The van der Waals surface area contributed by atoms with Crippen LogP contribution in [0.3, 0.4) is 0 Å². The Balaban J connectivity index is 1.83. The maximum absolute atomic E-state index is 9.03. The molecule has 1 unspecified atom stereocenters. The summed E-state index contributed by atoms with van der Waals surface area (Å²) < 4.78 is 22.9. The van der Waals surface area contributed by atoms with Crippen LogP contribution in [0.25, 0.3) is 0 Å². The lowest BCUT2D eigenvalue weighted by molar-refractivity contribution is -0.185. The third kappa shape index (κ3) is 20.9. The molecule has 5 heteroatoms. The second-order valence-electron chi connectivity index (χ2n) is 9.72. The van der Waals surface area contributed by atoms with E-state index in [4.69, 9.17) is 24.1 Å². The molecule has 1 rings (SSSR count). The predicted octanol–water partition coefficient (Wildman–Crippen LogP) is 7.19. The van der Waals surface area contributed by atoms with Gasteiger partial charge in [0.25, 0.3) is 0 Å². The maximum Gasteiger partial charge on any atom is 0.157 e. The van der Waals surface area contributed by atoms with E-state index >= 15 is 0 Å². The largest absolute Gasteiger partial charge is 0.394 e. The second kappa shape index (κ2) is 24.9. The molecule has 33 heavy (non-hydrogen) atoms. The van der Waals surface area contributed by atoms with E-state index in [0.29, 0.717) is 19.8 Å². The fraction of sp³-hybridized carbons (Fsp3) is 1.00. The van der Waals surface area contributed by atoms with Crippen LogP contribution in [0, 0.1) is 0 Å². The van der Waals surface area contributed by atoms with Crippen molar-refractivity contribution in [2.75, 3.05) is 39.6 Å². The Morgan fingerprint density at radius 2 is 1.30 bits per heavy atom. The van der Waals surface area contributed by atoms with Gasteiger partial charge in [-0.05, 0) is 25.7 Å². The van der Waals surface area contributed by atoms with Crippen molar-refractivity contribution < 1.29 is 24.1 Å². The zero-order valence-electron chi connectivity index (χ0n) is 21.9. The van der Waals surface area contributed by atoms with Crippen LogP contribution in [0.15, 0.2) is 0 Å². The molecule has 5 nitrogen and oxygen atoms in total. The summed E-state index contributed by atoms with van der Waals surface area (Å²) in [5.41, 5.74) is 0. The van der Waals surface area contributed by atoms with Crippen LogP contribution < -0.4 is 0 Å². The van der Waals surface area contributed by atoms with Gasteiger partial charge in [-0.25, -0.2) is 0 Å². The van der Waals surface area contributed by atoms with Gasteiger partial charge in [0.1, 0.15) is 6.10 Å². The fourth-order valence-electron chi connectivity index (χ4n) is 4.39. The lowest BCUT2D eigenvalue weighted by Crippen LogP contribution is -2.31. The summed E-state index contributed by atoms with van der Waals surface area (Å²) in [5.74, 6) is 0. The van der Waals surface area contributed by atoms with Crippen molar-refractivity contribution in [3.63, 3.8) is 0 Å². The van der Waals surface area contributed by atoms with Gasteiger partial charge < -0.3 is 24.1 Å². The van der Waals surface area contributed by atoms with Gasteiger partial charge in [0.15, 0.2) is 6.29 Å². The van der Waals surface area contributed by atoms with Crippen molar-refractivity contribution in [3.8, 4) is 0 Å². The molecule has 0 aromatic rings. The van der Waals surface area contributed by atoms with E-state index in [1.165, 1.54) is 96.3 Å². The van der Waals surface area contributed by atoms with Crippen molar-refractivity contribution in [3.05, 3.63) is 0 Å². The molecule has 0 bridgehead atoms. The van der Waals surface area contributed by atoms with Gasteiger partial charge in [-0.15, -0.1) is 0 Å². The molecule has 0 spiro atoms. The van der Waals surface area contributed by atoms with E-state index in [-0.39, 0.29) is 19.0 Å². The standard InChI is InChI=1S/C28H56O5/c1-2-3-4-5-6-7-8-9-10-11-12-13-14-15-16-18-22-30-25-27(31-24-21-29)26-33-28-20-17-19-23-32-28/h27-29H,2-26H2,1H3/t27-,28?/m1/s1. The van der Waals surface area contributed by atoms with Crippen LogP contribution in [-0.2, 0) is 18.9 Å². The Morgan fingerprint density at radius 1 is 0.727 bits per heavy atom. The van der Waals surface area contributed by atoms with E-state index in [9.17, 15) is 0 Å². The number of ether oxygens (including phenoxy) is 4. The van der Waals surface area contributed by atoms with Crippen molar-refractivity contribution in [1.82, 2.24) is 0 Å². The van der Waals surface area contributed by atoms with Gasteiger partial charge in [0.2, 0.25) is 0 Å². The Bertz CT molecular complexity index is 373. The molecule has 0 aromatic heterocycles. The van der Waals surface area contributed by atoms with Crippen LogP contribution in [0.2, 0.25) is 0 Å². The van der Waals surface area contributed by atoms with Crippen molar-refractivity contribution in [2.45, 2.75) is 141 Å². The number of aliphatic hydroxyl groups excluding tert-OH is 1. The summed E-state index contributed by atoms with van der Waals surface area (Å²) in [7, 11) is 0. The van der Waals surface area contributed by atoms with Gasteiger partial charge >= 0.3 is 0 Å². The van der Waals surface area contributed by atoms with E-state index < -0.39 is 0 Å². The molecule has 1 N–H and O–H groups in total. The highest BCUT2D eigenvalue weighted by Gasteiger charge is 2.17. The molecule has 0 saturated carbocycles. The summed E-state index contributed by atoms with van der Waals surface area (Å²) in [5, 5.41) is 9.03. The number of hydrogen-bond donors (Lipinski definition) is 1. The van der Waals surface area contributed by atoms with Crippen LogP contribution >= 0.6 is 0 Å². The van der Waals surface area contributed by atoms with E-state index in [1.807, 2.05) is 0 Å². The van der Waals surface area contributed by atoms with Crippen LogP contribution in [-0.4, -0.2) is 57.1 Å². The first-order valence-corrected chi connectivity index (χ1v) is 14.4. The molecule has 0 amide bonds. The second-order valence-corrected chi connectivity index (χ2v) is 9.72. The predicted molar refractivity (Wildman–Crippen MR) is 137 cm³/mol. The smallest absolute Gasteiger partial charge is 0.157 e. The number of hydrogen-bond acceptors (Lipinski definition) is 5. The molecule has 0 aliphatic carbocycles. The number of unbranched alkanes of at least 4 members (excludes halogenated alkanes) is 15. The normalized spacial score (nSPS) is 17.5. The summed E-state index contributed by atoms with van der Waals surface area (Å²) in [6.45, 7) is 5.17. The van der Waals surface area contributed by atoms with E-state index in [2.05, 4.69) is 6.92 Å². The number of aliphatic hydroxyl groups is 1. The van der Waals surface area contributed by atoms with Crippen LogP contribution in [0.4, 0.5) is 0 Å². The Morgan fingerprint density at radius 3 is 1.82 bits per heavy atom.